The van der Waals surface area contributed by atoms with Gasteiger partial charge in [-0.2, -0.15) is 0 Å². The van der Waals surface area contributed by atoms with E-state index in [1.54, 1.807) is 31.2 Å². The van der Waals surface area contributed by atoms with E-state index in [9.17, 15) is 8.42 Å². The molecule has 0 fully saturated rings. The quantitative estimate of drug-likeness (QED) is 0.870. The molecular formula is C10H12ClNO2S. The molecule has 0 spiro atoms. The Hall–Kier alpha value is -0.840. The lowest BCUT2D eigenvalue weighted by molar-refractivity contribution is 0.604. The molecule has 1 rings (SSSR count). The van der Waals surface area contributed by atoms with Crippen molar-refractivity contribution < 1.29 is 8.42 Å². The van der Waals surface area contributed by atoms with Crippen molar-refractivity contribution in [2.45, 2.75) is 13.8 Å². The number of nitrogens with two attached hydrogens (primary N) is 1. The zero-order valence-electron chi connectivity index (χ0n) is 8.49. The van der Waals surface area contributed by atoms with E-state index in [0.717, 1.165) is 5.56 Å². The molecule has 3 nitrogen and oxygen atoms in total. The van der Waals surface area contributed by atoms with Crippen molar-refractivity contribution in [3.8, 4) is 0 Å². The first kappa shape index (κ1) is 12.2. The Kier molecular flexibility index (Phi) is 3.54. The summed E-state index contributed by atoms with van der Waals surface area (Å²) in [5.74, 6) is 0. The van der Waals surface area contributed by atoms with Crippen LogP contribution in [0.4, 0.5) is 0 Å². The summed E-state index contributed by atoms with van der Waals surface area (Å²) in [6, 6.07) is 6.98. The lowest BCUT2D eigenvalue weighted by atomic mass is 10.1. The van der Waals surface area contributed by atoms with Crippen LogP contribution in [0.5, 0.6) is 0 Å². The molecule has 0 aromatic heterocycles. The lowest BCUT2D eigenvalue weighted by Gasteiger charge is -2.06. The second-order valence-corrected chi connectivity index (χ2v) is 5.38. The second kappa shape index (κ2) is 4.35. The minimum atomic E-state index is -3.63. The summed E-state index contributed by atoms with van der Waals surface area (Å²) >= 11 is 5.80. The number of benzene rings is 1. The van der Waals surface area contributed by atoms with Crippen molar-refractivity contribution in [3.05, 3.63) is 39.8 Å². The Balaban J connectivity index is 3.32. The third-order valence-electron chi connectivity index (χ3n) is 2.21. The van der Waals surface area contributed by atoms with E-state index >= 15 is 0 Å². The first-order chi connectivity index (χ1) is 6.82. The number of hydrogen-bond acceptors (Lipinski definition) is 2. The number of allylic oxidation sites excluding steroid dienone is 2. The molecule has 0 aliphatic carbocycles. The van der Waals surface area contributed by atoms with Gasteiger partial charge in [0.2, 0.25) is 10.0 Å². The van der Waals surface area contributed by atoms with Gasteiger partial charge in [-0.05, 0) is 37.1 Å². The summed E-state index contributed by atoms with van der Waals surface area (Å²) in [6.07, 6.45) is 0. The number of rotatable bonds is 2. The summed E-state index contributed by atoms with van der Waals surface area (Å²) in [5, 5.41) is 5.60. The van der Waals surface area contributed by atoms with Crippen LogP contribution in [0.3, 0.4) is 0 Å². The number of primary sulfonamides is 1. The summed E-state index contributed by atoms with van der Waals surface area (Å²) in [7, 11) is -3.63. The van der Waals surface area contributed by atoms with Crippen molar-refractivity contribution in [3.63, 3.8) is 0 Å². The molecule has 0 atom stereocenters. The second-order valence-electron chi connectivity index (χ2n) is 3.24. The molecule has 1 aromatic rings. The number of hydrogen-bond donors (Lipinski definition) is 1. The Morgan fingerprint density at radius 3 is 2.40 bits per heavy atom. The topological polar surface area (TPSA) is 60.2 Å². The van der Waals surface area contributed by atoms with E-state index < -0.39 is 10.0 Å². The zero-order chi connectivity index (χ0) is 11.6. The van der Waals surface area contributed by atoms with Gasteiger partial charge in [0.1, 0.15) is 0 Å². The first-order valence-electron chi connectivity index (χ1n) is 4.28. The van der Waals surface area contributed by atoms with Crippen LogP contribution in [0.1, 0.15) is 19.4 Å². The van der Waals surface area contributed by atoms with Gasteiger partial charge < -0.3 is 0 Å². The highest BCUT2D eigenvalue weighted by atomic mass is 35.5. The van der Waals surface area contributed by atoms with E-state index in [-0.39, 0.29) is 4.91 Å². The molecule has 0 amide bonds. The molecule has 0 unspecified atom stereocenters. The average Bonchev–Trinajstić information content (AvgIpc) is 2.14. The van der Waals surface area contributed by atoms with Crippen molar-refractivity contribution in [2.24, 2.45) is 5.14 Å². The predicted molar refractivity (Wildman–Crippen MR) is 62.8 cm³/mol. The number of sulfonamides is 1. The molecule has 1 aromatic carbocycles. The van der Waals surface area contributed by atoms with Gasteiger partial charge in [-0.25, -0.2) is 13.6 Å². The smallest absolute Gasteiger partial charge is 0.225 e. The van der Waals surface area contributed by atoms with E-state index in [2.05, 4.69) is 0 Å². The molecule has 0 saturated carbocycles. The fraction of sp³-hybridized carbons (Fsp3) is 0.200. The van der Waals surface area contributed by atoms with Crippen LogP contribution in [0.25, 0.3) is 5.57 Å². The number of halogens is 1. The summed E-state index contributed by atoms with van der Waals surface area (Å²) in [5.41, 5.74) is 1.37. The molecule has 0 saturated heterocycles. The molecule has 82 valence electrons. The van der Waals surface area contributed by atoms with E-state index in [1.165, 1.54) is 6.92 Å². The van der Waals surface area contributed by atoms with E-state index in [1.807, 2.05) is 0 Å². The standard InChI is InChI=1S/C10H12ClNO2S/c1-7(8(2)15(12,13)14)9-4-3-5-10(11)6-9/h3-6H,1-2H3,(H2,12,13,14). The molecule has 0 radical (unpaired) electrons. The van der Waals surface area contributed by atoms with Gasteiger partial charge in [-0.3, -0.25) is 0 Å². The predicted octanol–water partition coefficient (Wildman–Crippen LogP) is 2.38. The van der Waals surface area contributed by atoms with Crippen molar-refractivity contribution in [1.29, 1.82) is 0 Å². The molecule has 0 bridgehead atoms. The van der Waals surface area contributed by atoms with Crippen LogP contribution in [0.2, 0.25) is 5.02 Å². The van der Waals surface area contributed by atoms with Crippen LogP contribution in [0.15, 0.2) is 29.2 Å². The van der Waals surface area contributed by atoms with Crippen LogP contribution in [-0.4, -0.2) is 8.42 Å². The van der Waals surface area contributed by atoms with Gasteiger partial charge in [-0.15, -0.1) is 0 Å². The van der Waals surface area contributed by atoms with Gasteiger partial charge in [0, 0.05) is 5.02 Å². The Bertz CT molecular complexity index is 506. The van der Waals surface area contributed by atoms with Gasteiger partial charge in [0.15, 0.2) is 0 Å². The molecule has 2 N–H and O–H groups in total. The third kappa shape index (κ3) is 3.06. The molecule has 15 heavy (non-hydrogen) atoms. The van der Waals surface area contributed by atoms with Crippen molar-refractivity contribution in [2.75, 3.05) is 0 Å². The molecule has 5 heteroatoms. The fourth-order valence-corrected chi connectivity index (χ4v) is 1.87. The zero-order valence-corrected chi connectivity index (χ0v) is 10.1. The summed E-state index contributed by atoms with van der Waals surface area (Å²) in [6.45, 7) is 3.18. The maximum atomic E-state index is 11.1. The highest BCUT2D eigenvalue weighted by Crippen LogP contribution is 2.22. The highest BCUT2D eigenvalue weighted by molar-refractivity contribution is 7.93. The minimum absolute atomic E-state index is 0.157. The van der Waals surface area contributed by atoms with Gasteiger partial charge in [0.05, 0.1) is 4.91 Å². The average molecular weight is 246 g/mol. The molecule has 0 heterocycles. The highest BCUT2D eigenvalue weighted by Gasteiger charge is 2.11. The molecule has 0 aliphatic rings. The fourth-order valence-electron chi connectivity index (χ4n) is 1.14. The van der Waals surface area contributed by atoms with Gasteiger partial charge >= 0.3 is 0 Å². The monoisotopic (exact) mass is 245 g/mol. The first-order valence-corrected chi connectivity index (χ1v) is 6.21. The van der Waals surface area contributed by atoms with Gasteiger partial charge in [0.25, 0.3) is 0 Å². The van der Waals surface area contributed by atoms with Crippen LogP contribution in [0, 0.1) is 0 Å². The van der Waals surface area contributed by atoms with Crippen LogP contribution >= 0.6 is 11.6 Å². The summed E-state index contributed by atoms with van der Waals surface area (Å²) < 4.78 is 22.2. The largest absolute Gasteiger partial charge is 0.234 e. The maximum absolute atomic E-state index is 11.1. The maximum Gasteiger partial charge on any atom is 0.234 e. The minimum Gasteiger partial charge on any atom is -0.225 e. The van der Waals surface area contributed by atoms with Crippen LogP contribution < -0.4 is 5.14 Å². The van der Waals surface area contributed by atoms with Crippen molar-refractivity contribution >= 4 is 27.2 Å². The third-order valence-corrected chi connectivity index (χ3v) is 3.61. The molecular weight excluding hydrogens is 234 g/mol. The SMILES string of the molecule is CC(=C(C)S(N)(=O)=O)c1cccc(Cl)c1. The van der Waals surface area contributed by atoms with E-state index in [4.69, 9.17) is 16.7 Å². The lowest BCUT2D eigenvalue weighted by Crippen LogP contribution is -2.13. The Labute approximate surface area is 94.6 Å². The van der Waals surface area contributed by atoms with E-state index in [0.29, 0.717) is 10.6 Å². The van der Waals surface area contributed by atoms with Gasteiger partial charge in [-0.1, -0.05) is 23.7 Å². The Morgan fingerprint density at radius 2 is 1.93 bits per heavy atom. The normalized spacial score (nSPS) is 13.6. The summed E-state index contributed by atoms with van der Waals surface area (Å²) in [4.78, 5) is 0.157. The van der Waals surface area contributed by atoms with Crippen LogP contribution in [-0.2, 0) is 10.0 Å². The molecule has 0 aliphatic heterocycles. The Morgan fingerprint density at radius 1 is 1.33 bits per heavy atom. The van der Waals surface area contributed by atoms with Crippen molar-refractivity contribution in [1.82, 2.24) is 0 Å².